The van der Waals surface area contributed by atoms with E-state index in [9.17, 15) is 0 Å². The zero-order valence-corrected chi connectivity index (χ0v) is 11.7. The van der Waals surface area contributed by atoms with Gasteiger partial charge in [-0.1, -0.05) is 12.1 Å². The van der Waals surface area contributed by atoms with Crippen LogP contribution in [-0.4, -0.2) is 11.5 Å². The molecule has 0 bridgehead atoms. The van der Waals surface area contributed by atoms with Gasteiger partial charge in [0.2, 0.25) is 0 Å². The predicted molar refractivity (Wildman–Crippen MR) is 77.9 cm³/mol. The van der Waals surface area contributed by atoms with Crippen molar-refractivity contribution in [2.45, 2.75) is 26.8 Å². The van der Waals surface area contributed by atoms with Crippen LogP contribution < -0.4 is 11.1 Å². The highest BCUT2D eigenvalue weighted by Crippen LogP contribution is 2.12. The van der Waals surface area contributed by atoms with Crippen LogP contribution in [-0.2, 0) is 13.0 Å². The second kappa shape index (κ2) is 5.98. The summed E-state index contributed by atoms with van der Waals surface area (Å²) in [6, 6.07) is 6.17. The molecule has 0 spiro atoms. The number of thiazole rings is 1. The number of nitrogens with one attached hydrogen (secondary N) is 1. The molecule has 0 aliphatic heterocycles. The number of hydrogen-bond donors (Lipinski definition) is 2. The van der Waals surface area contributed by atoms with Gasteiger partial charge < -0.3 is 11.1 Å². The molecule has 2 rings (SSSR count). The third-order valence-corrected chi connectivity index (χ3v) is 3.71. The number of benzene rings is 1. The van der Waals surface area contributed by atoms with Crippen molar-refractivity contribution in [3.05, 3.63) is 45.4 Å². The first-order valence-corrected chi connectivity index (χ1v) is 7.00. The highest BCUT2D eigenvalue weighted by molar-refractivity contribution is 7.09. The normalized spacial score (nSPS) is 10.8. The van der Waals surface area contributed by atoms with Crippen LogP contribution in [0.25, 0.3) is 0 Å². The Labute approximate surface area is 112 Å². The average molecular weight is 261 g/mol. The SMILES string of the molecule is Cc1nc(CCNCc2ccc(N)c(C)c2)cs1. The Morgan fingerprint density at radius 3 is 2.83 bits per heavy atom. The molecule has 96 valence electrons. The summed E-state index contributed by atoms with van der Waals surface area (Å²) in [5.74, 6) is 0. The number of nitrogens with zero attached hydrogens (tertiary/aromatic N) is 1. The molecular formula is C14H19N3S. The number of anilines is 1. The number of aromatic nitrogens is 1. The Morgan fingerprint density at radius 1 is 1.33 bits per heavy atom. The van der Waals surface area contributed by atoms with E-state index < -0.39 is 0 Å². The second-order valence-electron chi connectivity index (χ2n) is 4.48. The Bertz CT molecular complexity index is 520. The van der Waals surface area contributed by atoms with E-state index in [1.54, 1.807) is 11.3 Å². The molecule has 4 heteroatoms. The summed E-state index contributed by atoms with van der Waals surface area (Å²) in [5.41, 5.74) is 10.2. The van der Waals surface area contributed by atoms with Crippen molar-refractivity contribution in [3.8, 4) is 0 Å². The van der Waals surface area contributed by atoms with Crippen molar-refractivity contribution in [3.63, 3.8) is 0 Å². The van der Waals surface area contributed by atoms with Gasteiger partial charge in [0, 0.05) is 30.6 Å². The van der Waals surface area contributed by atoms with E-state index >= 15 is 0 Å². The van der Waals surface area contributed by atoms with Crippen LogP contribution in [0.2, 0.25) is 0 Å². The summed E-state index contributed by atoms with van der Waals surface area (Å²) in [7, 11) is 0. The third kappa shape index (κ3) is 3.55. The predicted octanol–water partition coefficient (Wildman–Crippen LogP) is 2.67. The number of aryl methyl sites for hydroxylation is 2. The molecular weight excluding hydrogens is 242 g/mol. The van der Waals surface area contributed by atoms with E-state index in [4.69, 9.17) is 5.73 Å². The monoisotopic (exact) mass is 261 g/mol. The molecule has 1 aromatic heterocycles. The van der Waals surface area contributed by atoms with Gasteiger partial charge in [0.1, 0.15) is 0 Å². The maximum absolute atomic E-state index is 5.79. The highest BCUT2D eigenvalue weighted by Gasteiger charge is 1.99. The molecule has 1 aromatic carbocycles. The van der Waals surface area contributed by atoms with Crippen molar-refractivity contribution >= 4 is 17.0 Å². The fourth-order valence-electron chi connectivity index (χ4n) is 1.82. The quantitative estimate of drug-likeness (QED) is 0.642. The van der Waals surface area contributed by atoms with E-state index in [-0.39, 0.29) is 0 Å². The number of nitrogens with two attached hydrogens (primary N) is 1. The molecule has 1 heterocycles. The van der Waals surface area contributed by atoms with Crippen molar-refractivity contribution in [2.75, 3.05) is 12.3 Å². The minimum Gasteiger partial charge on any atom is -0.399 e. The topological polar surface area (TPSA) is 50.9 Å². The lowest BCUT2D eigenvalue weighted by atomic mass is 10.1. The number of nitrogen functional groups attached to an aromatic ring is 1. The van der Waals surface area contributed by atoms with E-state index in [0.717, 1.165) is 35.8 Å². The van der Waals surface area contributed by atoms with Gasteiger partial charge in [-0.3, -0.25) is 0 Å². The maximum Gasteiger partial charge on any atom is 0.0897 e. The van der Waals surface area contributed by atoms with Gasteiger partial charge >= 0.3 is 0 Å². The standard InChI is InChI=1S/C14H19N3S/c1-10-7-12(3-4-14(10)15)8-16-6-5-13-9-18-11(2)17-13/h3-4,7,9,16H,5-6,8,15H2,1-2H3. The van der Waals surface area contributed by atoms with Gasteiger partial charge in [0.25, 0.3) is 0 Å². The van der Waals surface area contributed by atoms with Crippen LogP contribution in [0, 0.1) is 13.8 Å². The summed E-state index contributed by atoms with van der Waals surface area (Å²) in [4.78, 5) is 4.44. The Morgan fingerprint density at radius 2 is 2.17 bits per heavy atom. The molecule has 0 radical (unpaired) electrons. The molecule has 3 N–H and O–H groups in total. The summed E-state index contributed by atoms with van der Waals surface area (Å²) in [6.45, 7) is 5.91. The third-order valence-electron chi connectivity index (χ3n) is 2.89. The fourth-order valence-corrected chi connectivity index (χ4v) is 2.47. The first-order valence-electron chi connectivity index (χ1n) is 6.12. The summed E-state index contributed by atoms with van der Waals surface area (Å²) in [6.07, 6.45) is 0.984. The molecule has 0 amide bonds. The van der Waals surface area contributed by atoms with Crippen LogP contribution >= 0.6 is 11.3 Å². The van der Waals surface area contributed by atoms with E-state index in [2.05, 4.69) is 27.8 Å². The molecule has 0 fully saturated rings. The minimum atomic E-state index is 0.858. The molecule has 18 heavy (non-hydrogen) atoms. The van der Waals surface area contributed by atoms with Gasteiger partial charge in [0.05, 0.1) is 10.7 Å². The zero-order chi connectivity index (χ0) is 13.0. The van der Waals surface area contributed by atoms with E-state index in [0.29, 0.717) is 0 Å². The average Bonchev–Trinajstić information content (AvgIpc) is 2.75. The lowest BCUT2D eigenvalue weighted by Crippen LogP contribution is -2.17. The molecule has 2 aromatic rings. The molecule has 0 saturated heterocycles. The largest absolute Gasteiger partial charge is 0.399 e. The molecule has 3 nitrogen and oxygen atoms in total. The van der Waals surface area contributed by atoms with Gasteiger partial charge in [0.15, 0.2) is 0 Å². The van der Waals surface area contributed by atoms with Crippen molar-refractivity contribution in [1.29, 1.82) is 0 Å². The van der Waals surface area contributed by atoms with Crippen molar-refractivity contribution < 1.29 is 0 Å². The molecule has 0 aliphatic rings. The molecule has 0 saturated carbocycles. The Hall–Kier alpha value is -1.39. The van der Waals surface area contributed by atoms with Gasteiger partial charge in [-0.25, -0.2) is 4.98 Å². The van der Waals surface area contributed by atoms with Crippen molar-refractivity contribution in [1.82, 2.24) is 10.3 Å². The summed E-state index contributed by atoms with van der Waals surface area (Å²) < 4.78 is 0. The van der Waals surface area contributed by atoms with Crippen LogP contribution in [0.3, 0.4) is 0 Å². The van der Waals surface area contributed by atoms with Crippen molar-refractivity contribution in [2.24, 2.45) is 0 Å². The zero-order valence-electron chi connectivity index (χ0n) is 10.9. The number of hydrogen-bond acceptors (Lipinski definition) is 4. The molecule has 0 unspecified atom stereocenters. The van der Waals surface area contributed by atoms with Crippen LogP contribution in [0.15, 0.2) is 23.6 Å². The van der Waals surface area contributed by atoms with E-state index in [1.165, 1.54) is 11.3 Å². The van der Waals surface area contributed by atoms with Gasteiger partial charge in [-0.15, -0.1) is 11.3 Å². The Kier molecular flexibility index (Phi) is 4.33. The van der Waals surface area contributed by atoms with E-state index in [1.807, 2.05) is 19.9 Å². The fraction of sp³-hybridized carbons (Fsp3) is 0.357. The lowest BCUT2D eigenvalue weighted by molar-refractivity contribution is 0.681. The van der Waals surface area contributed by atoms with Crippen LogP contribution in [0.4, 0.5) is 5.69 Å². The van der Waals surface area contributed by atoms with Gasteiger partial charge in [-0.05, 0) is 31.0 Å². The highest BCUT2D eigenvalue weighted by atomic mass is 32.1. The van der Waals surface area contributed by atoms with Gasteiger partial charge in [-0.2, -0.15) is 0 Å². The summed E-state index contributed by atoms with van der Waals surface area (Å²) in [5, 5.41) is 6.70. The smallest absolute Gasteiger partial charge is 0.0897 e. The summed E-state index contributed by atoms with van der Waals surface area (Å²) >= 11 is 1.71. The first kappa shape index (κ1) is 13.1. The molecule has 0 atom stereocenters. The molecule has 0 aliphatic carbocycles. The first-order chi connectivity index (χ1) is 8.65. The van der Waals surface area contributed by atoms with Crippen LogP contribution in [0.1, 0.15) is 21.8 Å². The lowest BCUT2D eigenvalue weighted by Gasteiger charge is -2.06. The van der Waals surface area contributed by atoms with Crippen LogP contribution in [0.5, 0.6) is 0 Å². The maximum atomic E-state index is 5.79. The minimum absolute atomic E-state index is 0.858. The Balaban J connectivity index is 1.76. The second-order valence-corrected chi connectivity index (χ2v) is 5.54. The number of rotatable bonds is 5.